The van der Waals surface area contributed by atoms with Gasteiger partial charge in [-0.25, -0.2) is 0 Å². The van der Waals surface area contributed by atoms with E-state index in [1.54, 1.807) is 0 Å². The molecule has 1 saturated heterocycles. The van der Waals surface area contributed by atoms with Gasteiger partial charge in [0.25, 0.3) is 0 Å². The Morgan fingerprint density at radius 3 is 2.55 bits per heavy atom. The molecular weight excluding hydrogens is 426 g/mol. The highest BCUT2D eigenvalue weighted by molar-refractivity contribution is 7.99. The number of halogens is 1. The normalized spacial score (nSPS) is 27.5. The fraction of sp³-hybridized carbons (Fsp3) is 0.640. The Morgan fingerprint density at radius 1 is 1.16 bits per heavy atom. The molecule has 1 aliphatic carbocycles. The van der Waals surface area contributed by atoms with Crippen molar-refractivity contribution < 1.29 is 4.74 Å². The fourth-order valence-electron chi connectivity index (χ4n) is 5.14. The van der Waals surface area contributed by atoms with Crippen LogP contribution in [0.1, 0.15) is 55.5 Å². The van der Waals surface area contributed by atoms with Gasteiger partial charge in [0.2, 0.25) is 0 Å². The molecule has 2 aromatic rings. The molecule has 0 N–H and O–H groups in total. The smallest absolute Gasteiger partial charge is 0.0793 e. The van der Waals surface area contributed by atoms with Crippen LogP contribution in [0.3, 0.4) is 0 Å². The lowest BCUT2D eigenvalue weighted by atomic mass is 9.82. The van der Waals surface area contributed by atoms with Gasteiger partial charge in [0, 0.05) is 48.1 Å². The molecule has 0 bridgehead atoms. The number of aromatic nitrogens is 2. The second kappa shape index (κ2) is 10.7. The highest BCUT2D eigenvalue weighted by Gasteiger charge is 2.36. The minimum atomic E-state index is 0.350. The van der Waals surface area contributed by atoms with Gasteiger partial charge in [-0.1, -0.05) is 30.7 Å². The van der Waals surface area contributed by atoms with Crippen LogP contribution in [-0.4, -0.2) is 57.5 Å². The van der Waals surface area contributed by atoms with E-state index in [1.165, 1.54) is 42.6 Å². The summed E-state index contributed by atoms with van der Waals surface area (Å²) in [5.74, 6) is 2.87. The topological polar surface area (TPSA) is 30.3 Å². The summed E-state index contributed by atoms with van der Waals surface area (Å²) in [7, 11) is 2.05. The molecule has 0 radical (unpaired) electrons. The zero-order chi connectivity index (χ0) is 21.8. The largest absolute Gasteiger partial charge is 0.374 e. The first kappa shape index (κ1) is 23.2. The van der Waals surface area contributed by atoms with Crippen molar-refractivity contribution in [3.8, 4) is 0 Å². The molecular formula is C25H36ClN3OS. The number of morpholine rings is 1. The molecule has 1 aliphatic heterocycles. The molecule has 1 saturated carbocycles. The second-order valence-corrected chi connectivity index (χ2v) is 10.9. The van der Waals surface area contributed by atoms with Crippen LogP contribution in [0.2, 0.25) is 5.02 Å². The first-order valence-corrected chi connectivity index (χ1v) is 13.3. The van der Waals surface area contributed by atoms with Crippen molar-refractivity contribution >= 4 is 23.4 Å². The van der Waals surface area contributed by atoms with Gasteiger partial charge >= 0.3 is 0 Å². The predicted octanol–water partition coefficient (Wildman–Crippen LogP) is 5.47. The Hall–Kier alpha value is -1.01. The van der Waals surface area contributed by atoms with Crippen molar-refractivity contribution in [1.29, 1.82) is 0 Å². The molecule has 2 heterocycles. The third-order valence-electron chi connectivity index (χ3n) is 7.02. The summed E-state index contributed by atoms with van der Waals surface area (Å²) in [6, 6.07) is 11.7. The van der Waals surface area contributed by atoms with E-state index in [2.05, 4.69) is 36.9 Å². The zero-order valence-electron chi connectivity index (χ0n) is 19.1. The molecule has 2 atom stereocenters. The highest BCUT2D eigenvalue weighted by Crippen LogP contribution is 2.36. The average molecular weight is 462 g/mol. The number of hydrogen-bond acceptors (Lipinski definition) is 4. The molecule has 2 fully saturated rings. The molecule has 1 aromatic carbocycles. The van der Waals surface area contributed by atoms with Crippen molar-refractivity contribution in [3.05, 3.63) is 52.3 Å². The molecule has 6 heteroatoms. The standard InChI is InChI=1S/C25H36ClN3OS/c1-4-31-17-24-15-29(23(16-30-24)14-19-5-9-21(26)10-6-19)22-11-7-20(8-12-22)25-13-18(2)28(3)27-25/h5-6,9-10,13,20,22-24H,4,7-8,11-12,14-17H2,1-3H3. The first-order valence-electron chi connectivity index (χ1n) is 11.7. The monoisotopic (exact) mass is 461 g/mol. The molecule has 2 unspecified atom stereocenters. The first-order chi connectivity index (χ1) is 15.0. The van der Waals surface area contributed by atoms with E-state index in [1.807, 2.05) is 35.6 Å². The summed E-state index contributed by atoms with van der Waals surface area (Å²) in [4.78, 5) is 2.79. The van der Waals surface area contributed by atoms with Crippen LogP contribution in [0.5, 0.6) is 0 Å². The number of thioether (sulfide) groups is 1. The molecule has 0 amide bonds. The Balaban J connectivity index is 1.42. The van der Waals surface area contributed by atoms with E-state index in [0.29, 0.717) is 24.1 Å². The van der Waals surface area contributed by atoms with Gasteiger partial charge in [-0.05, 0) is 68.5 Å². The minimum Gasteiger partial charge on any atom is -0.374 e. The third-order valence-corrected chi connectivity index (χ3v) is 8.28. The minimum absolute atomic E-state index is 0.350. The number of aryl methyl sites for hydroxylation is 2. The maximum Gasteiger partial charge on any atom is 0.0793 e. The Labute approximate surface area is 196 Å². The molecule has 2 aliphatic rings. The summed E-state index contributed by atoms with van der Waals surface area (Å²) in [6.07, 6.45) is 6.36. The van der Waals surface area contributed by atoms with E-state index in [9.17, 15) is 0 Å². The fourth-order valence-corrected chi connectivity index (χ4v) is 5.96. The van der Waals surface area contributed by atoms with E-state index in [0.717, 1.165) is 36.1 Å². The van der Waals surface area contributed by atoms with E-state index < -0.39 is 0 Å². The molecule has 0 spiro atoms. The lowest BCUT2D eigenvalue weighted by Gasteiger charge is -2.46. The second-order valence-electron chi connectivity index (χ2n) is 9.14. The lowest BCUT2D eigenvalue weighted by molar-refractivity contribution is -0.0751. The number of rotatable bonds is 7. The van der Waals surface area contributed by atoms with E-state index in [-0.39, 0.29) is 0 Å². The van der Waals surface area contributed by atoms with E-state index >= 15 is 0 Å². The van der Waals surface area contributed by atoms with Gasteiger partial charge < -0.3 is 4.74 Å². The summed E-state index contributed by atoms with van der Waals surface area (Å²) in [6.45, 7) is 6.26. The maximum absolute atomic E-state index is 6.31. The Morgan fingerprint density at radius 2 is 1.90 bits per heavy atom. The Kier molecular flexibility index (Phi) is 8.02. The van der Waals surface area contributed by atoms with Gasteiger partial charge in [-0.2, -0.15) is 16.9 Å². The van der Waals surface area contributed by atoms with Gasteiger partial charge in [0.1, 0.15) is 0 Å². The SMILES string of the molecule is CCSCC1CN(C2CCC(c3cc(C)n(C)n3)CC2)C(Cc2ccc(Cl)cc2)CO1. The van der Waals surface area contributed by atoms with Crippen LogP contribution < -0.4 is 0 Å². The van der Waals surface area contributed by atoms with Crippen molar-refractivity contribution in [2.75, 3.05) is 24.7 Å². The number of nitrogens with zero attached hydrogens (tertiary/aromatic N) is 3. The molecule has 31 heavy (non-hydrogen) atoms. The number of hydrogen-bond donors (Lipinski definition) is 0. The molecule has 170 valence electrons. The van der Waals surface area contributed by atoms with Crippen molar-refractivity contribution in [1.82, 2.24) is 14.7 Å². The highest BCUT2D eigenvalue weighted by atomic mass is 35.5. The van der Waals surface area contributed by atoms with Crippen LogP contribution in [0.25, 0.3) is 0 Å². The summed E-state index contributed by atoms with van der Waals surface area (Å²) < 4.78 is 8.33. The average Bonchev–Trinajstić information content (AvgIpc) is 3.13. The van der Waals surface area contributed by atoms with E-state index in [4.69, 9.17) is 21.4 Å². The van der Waals surface area contributed by atoms with Crippen molar-refractivity contribution in [2.45, 2.75) is 70.1 Å². The lowest BCUT2D eigenvalue weighted by Crippen LogP contribution is -2.56. The van der Waals surface area contributed by atoms with Crippen LogP contribution in [0, 0.1) is 6.92 Å². The van der Waals surface area contributed by atoms with Gasteiger partial charge in [-0.15, -0.1) is 0 Å². The quantitative estimate of drug-likeness (QED) is 0.546. The number of benzene rings is 1. The van der Waals surface area contributed by atoms with Crippen LogP contribution >= 0.6 is 23.4 Å². The number of ether oxygens (including phenoxy) is 1. The Bertz CT molecular complexity index is 812. The summed E-state index contributed by atoms with van der Waals surface area (Å²) in [5.41, 5.74) is 3.89. The van der Waals surface area contributed by atoms with Crippen LogP contribution in [0.4, 0.5) is 0 Å². The van der Waals surface area contributed by atoms with Gasteiger partial charge in [0.05, 0.1) is 18.4 Å². The summed E-state index contributed by atoms with van der Waals surface area (Å²) >= 11 is 8.10. The molecule has 4 rings (SSSR count). The van der Waals surface area contributed by atoms with Crippen molar-refractivity contribution in [3.63, 3.8) is 0 Å². The molecule has 1 aromatic heterocycles. The van der Waals surface area contributed by atoms with Gasteiger partial charge in [0.15, 0.2) is 0 Å². The predicted molar refractivity (Wildman–Crippen MR) is 131 cm³/mol. The summed E-state index contributed by atoms with van der Waals surface area (Å²) in [5, 5.41) is 5.57. The zero-order valence-corrected chi connectivity index (χ0v) is 20.7. The van der Waals surface area contributed by atoms with Gasteiger partial charge in [-0.3, -0.25) is 9.58 Å². The maximum atomic E-state index is 6.31. The third kappa shape index (κ3) is 5.87. The molecule has 4 nitrogen and oxygen atoms in total. The van der Waals surface area contributed by atoms with Crippen molar-refractivity contribution in [2.24, 2.45) is 7.05 Å². The van der Waals surface area contributed by atoms with Crippen LogP contribution in [-0.2, 0) is 18.2 Å². The van der Waals surface area contributed by atoms with Crippen LogP contribution in [0.15, 0.2) is 30.3 Å².